The summed E-state index contributed by atoms with van der Waals surface area (Å²) >= 11 is 12.6. The van der Waals surface area contributed by atoms with Crippen molar-refractivity contribution in [1.82, 2.24) is 24.0 Å². The van der Waals surface area contributed by atoms with Gasteiger partial charge in [-0.05, 0) is 30.0 Å². The number of alkyl halides is 3. The summed E-state index contributed by atoms with van der Waals surface area (Å²) in [6, 6.07) is 3.65. The average Bonchev–Trinajstić information content (AvgIpc) is 3.41. The minimum atomic E-state index is -4.30. The lowest BCUT2D eigenvalue weighted by atomic mass is 10.0. The summed E-state index contributed by atoms with van der Waals surface area (Å²) in [7, 11) is 1.51. The zero-order valence-corrected chi connectivity index (χ0v) is 26.6. The molecule has 1 aromatic carbocycles. The van der Waals surface area contributed by atoms with E-state index in [1.54, 1.807) is 6.07 Å². The van der Waals surface area contributed by atoms with Crippen molar-refractivity contribution in [3.05, 3.63) is 62.9 Å². The van der Waals surface area contributed by atoms with Gasteiger partial charge in [0.05, 0.1) is 45.8 Å². The van der Waals surface area contributed by atoms with Gasteiger partial charge in [0.15, 0.2) is 0 Å². The van der Waals surface area contributed by atoms with Crippen molar-refractivity contribution in [2.45, 2.75) is 38.1 Å². The third-order valence-electron chi connectivity index (χ3n) is 8.73. The standard InChI is InChI=1S/C30H29Cl2F3N8O4/c1-14-3-16-8-41(10-22(14)43(16)12-30(33,34)35)23-6-21(20(32)7-37-23)39-24(44)11-42-9-18(25-28(42)38-13-40(2)29(25)47)15-4-17(27(36)46)26(45)19(31)5-15/h4-7,9,13-14,16,22,45H,3,8,10-12H2,1-2H3,(H2,36,46)(H,37,39,44)/t14-,16+,22+/m0/s1. The topological polar surface area (TPSA) is 152 Å². The lowest BCUT2D eigenvalue weighted by molar-refractivity contribution is -0.153. The van der Waals surface area contributed by atoms with Gasteiger partial charge in [-0.25, -0.2) is 9.97 Å². The van der Waals surface area contributed by atoms with E-state index >= 15 is 0 Å². The minimum Gasteiger partial charge on any atom is -0.506 e. The molecule has 248 valence electrons. The van der Waals surface area contributed by atoms with Crippen molar-refractivity contribution in [1.29, 1.82) is 0 Å². The van der Waals surface area contributed by atoms with Gasteiger partial charge in [-0.15, -0.1) is 0 Å². The summed E-state index contributed by atoms with van der Waals surface area (Å²) in [4.78, 5) is 50.7. The number of aromatic nitrogens is 4. The van der Waals surface area contributed by atoms with Crippen LogP contribution in [0, 0.1) is 5.92 Å². The Labute approximate surface area is 275 Å². The van der Waals surface area contributed by atoms with E-state index in [2.05, 4.69) is 15.3 Å². The van der Waals surface area contributed by atoms with Gasteiger partial charge in [-0.1, -0.05) is 30.1 Å². The molecule has 2 aliphatic heterocycles. The van der Waals surface area contributed by atoms with Crippen LogP contribution in [0.1, 0.15) is 23.7 Å². The van der Waals surface area contributed by atoms with Crippen LogP contribution >= 0.6 is 23.2 Å². The number of phenols is 1. The molecule has 0 aliphatic carbocycles. The van der Waals surface area contributed by atoms with Crippen molar-refractivity contribution in [3.8, 4) is 16.9 Å². The summed E-state index contributed by atoms with van der Waals surface area (Å²) in [5.41, 5.74) is 5.72. The number of pyridine rings is 1. The van der Waals surface area contributed by atoms with E-state index in [1.807, 2.05) is 11.8 Å². The number of rotatable bonds is 7. The molecule has 2 saturated heterocycles. The molecule has 3 atom stereocenters. The van der Waals surface area contributed by atoms with Crippen LogP contribution in [0.4, 0.5) is 24.7 Å². The Morgan fingerprint density at radius 1 is 1.15 bits per heavy atom. The molecule has 0 saturated carbocycles. The fourth-order valence-electron chi connectivity index (χ4n) is 6.57. The zero-order chi connectivity index (χ0) is 33.9. The van der Waals surface area contributed by atoms with Crippen molar-refractivity contribution in [3.63, 3.8) is 0 Å². The van der Waals surface area contributed by atoms with E-state index < -0.39 is 35.8 Å². The molecule has 3 aromatic heterocycles. The Morgan fingerprint density at radius 3 is 2.57 bits per heavy atom. The number of halogens is 5. The first-order valence-electron chi connectivity index (χ1n) is 14.5. The Morgan fingerprint density at radius 2 is 1.89 bits per heavy atom. The van der Waals surface area contributed by atoms with Gasteiger partial charge >= 0.3 is 6.18 Å². The quantitative estimate of drug-likeness (QED) is 0.263. The van der Waals surface area contributed by atoms with Gasteiger partial charge < -0.3 is 30.2 Å². The second-order valence-corrected chi connectivity index (χ2v) is 12.8. The molecular formula is C30H29Cl2F3N8O4. The minimum absolute atomic E-state index is 0.0746. The van der Waals surface area contributed by atoms with E-state index in [1.165, 1.54) is 51.9 Å². The van der Waals surface area contributed by atoms with Crippen molar-refractivity contribution < 1.29 is 27.9 Å². The van der Waals surface area contributed by atoms with Gasteiger partial charge in [0.2, 0.25) is 5.91 Å². The molecule has 12 nitrogen and oxygen atoms in total. The number of nitrogens with one attached hydrogen (secondary N) is 1. The largest absolute Gasteiger partial charge is 0.506 e. The molecule has 5 heterocycles. The molecule has 4 aromatic rings. The molecule has 0 spiro atoms. The third-order valence-corrected chi connectivity index (χ3v) is 9.32. The van der Waals surface area contributed by atoms with Crippen molar-refractivity contribution >= 4 is 57.6 Å². The second-order valence-electron chi connectivity index (χ2n) is 11.9. The Balaban J connectivity index is 1.27. The van der Waals surface area contributed by atoms with E-state index in [9.17, 15) is 32.7 Å². The molecule has 4 N–H and O–H groups in total. The summed E-state index contributed by atoms with van der Waals surface area (Å²) in [6.45, 7) is 1.37. The lowest BCUT2D eigenvalue weighted by Gasteiger charge is -2.42. The van der Waals surface area contributed by atoms with E-state index in [-0.39, 0.29) is 62.4 Å². The molecule has 2 fully saturated rings. The Hall–Kier alpha value is -4.34. The summed E-state index contributed by atoms with van der Waals surface area (Å²) < 4.78 is 42.4. The molecule has 47 heavy (non-hydrogen) atoms. The van der Waals surface area contributed by atoms with Crippen molar-refractivity contribution in [2.75, 3.05) is 29.9 Å². The van der Waals surface area contributed by atoms with E-state index in [0.29, 0.717) is 30.9 Å². The number of amides is 2. The number of fused-ring (bicyclic) bond motifs is 3. The van der Waals surface area contributed by atoms with Crippen molar-refractivity contribution in [2.24, 2.45) is 18.7 Å². The van der Waals surface area contributed by atoms with Gasteiger partial charge in [0.1, 0.15) is 23.8 Å². The van der Waals surface area contributed by atoms with Gasteiger partial charge in [-0.2, -0.15) is 13.2 Å². The molecule has 2 bridgehead atoms. The number of hydrogen-bond acceptors (Lipinski definition) is 8. The lowest BCUT2D eigenvalue weighted by Crippen LogP contribution is -2.57. The monoisotopic (exact) mass is 692 g/mol. The third kappa shape index (κ3) is 6.22. The van der Waals surface area contributed by atoms with Crippen LogP contribution in [-0.4, -0.2) is 78.8 Å². The normalized spacial score (nSPS) is 19.8. The van der Waals surface area contributed by atoms with E-state index in [0.717, 1.165) is 0 Å². The fourth-order valence-corrected chi connectivity index (χ4v) is 6.94. The number of anilines is 2. The molecule has 0 unspecified atom stereocenters. The Kier molecular flexibility index (Phi) is 8.34. The summed E-state index contributed by atoms with van der Waals surface area (Å²) in [5, 5.41) is 13.1. The van der Waals surface area contributed by atoms with Crippen LogP contribution in [0.3, 0.4) is 0 Å². The number of benzene rings is 1. The maximum absolute atomic E-state index is 13.4. The molecule has 6 rings (SSSR count). The first kappa shape index (κ1) is 32.6. The second kappa shape index (κ2) is 12.0. The average molecular weight is 694 g/mol. The molecule has 0 radical (unpaired) electrons. The number of hydrogen-bond donors (Lipinski definition) is 3. The van der Waals surface area contributed by atoms with Crippen LogP contribution in [0.25, 0.3) is 22.2 Å². The maximum Gasteiger partial charge on any atom is 0.401 e. The molecule has 2 amide bonds. The molecular weight excluding hydrogens is 664 g/mol. The number of nitrogens with zero attached hydrogens (tertiary/aromatic N) is 6. The first-order valence-corrected chi connectivity index (χ1v) is 15.3. The number of carbonyl (C=O) groups excluding carboxylic acids is 2. The summed E-state index contributed by atoms with van der Waals surface area (Å²) in [6.07, 6.45) is 0.521. The smallest absolute Gasteiger partial charge is 0.401 e. The highest BCUT2D eigenvalue weighted by Crippen LogP contribution is 2.39. The van der Waals surface area contributed by atoms with Crippen LogP contribution in [0.5, 0.6) is 5.75 Å². The molecule has 17 heteroatoms. The number of nitrogens with two attached hydrogens (primary N) is 1. The number of aromatic hydroxyl groups is 1. The van der Waals surface area contributed by atoms with Crippen LogP contribution in [-0.2, 0) is 18.4 Å². The summed E-state index contributed by atoms with van der Waals surface area (Å²) in [5.74, 6) is -1.42. The number of piperazine rings is 1. The number of carbonyl (C=O) groups is 2. The van der Waals surface area contributed by atoms with Crippen LogP contribution in [0.15, 0.2) is 41.7 Å². The van der Waals surface area contributed by atoms with E-state index in [4.69, 9.17) is 28.9 Å². The highest BCUT2D eigenvalue weighted by molar-refractivity contribution is 6.34. The SMILES string of the molecule is C[C@H]1C[C@@H]2CN(c3cc(NC(=O)Cn4cc(-c5cc(Cl)c(O)c(C(N)=O)c5)c5c(=O)n(C)cnc54)c(Cl)cn3)C[C@H]1N2CC(F)(F)F. The zero-order valence-electron chi connectivity index (χ0n) is 25.1. The highest BCUT2D eigenvalue weighted by Gasteiger charge is 2.48. The number of aryl methyl sites for hydroxylation is 1. The maximum atomic E-state index is 13.4. The molecule has 2 aliphatic rings. The Bertz CT molecular complexity index is 1980. The van der Waals surface area contributed by atoms with Gasteiger partial charge in [-0.3, -0.25) is 19.3 Å². The first-order chi connectivity index (χ1) is 22.1. The van der Waals surface area contributed by atoms with Crippen LogP contribution in [0.2, 0.25) is 10.0 Å². The fraction of sp³-hybridized carbons (Fsp3) is 0.367. The number of primary amides is 1. The highest BCUT2D eigenvalue weighted by atomic mass is 35.5. The predicted octanol–water partition coefficient (Wildman–Crippen LogP) is 4.01. The van der Waals surface area contributed by atoms with Gasteiger partial charge in [0, 0.05) is 50.0 Å². The van der Waals surface area contributed by atoms with Gasteiger partial charge in [0.25, 0.3) is 11.5 Å². The van der Waals surface area contributed by atoms with Crippen LogP contribution < -0.4 is 21.5 Å². The predicted molar refractivity (Wildman–Crippen MR) is 170 cm³/mol.